The maximum atomic E-state index is 2.42. The molecule has 4 aromatic carbocycles. The Morgan fingerprint density at radius 3 is 1.18 bits per heavy atom. The van der Waals surface area contributed by atoms with Crippen molar-refractivity contribution < 1.29 is 17.1 Å². The fraction of sp³-hybridized carbons (Fsp3) is 0.0556. The first-order valence-corrected chi connectivity index (χ1v) is 15.8. The van der Waals surface area contributed by atoms with Gasteiger partial charge in [0.05, 0.1) is 0 Å². The zero-order valence-corrected chi connectivity index (χ0v) is 24.9. The molecule has 0 bridgehead atoms. The Morgan fingerprint density at radius 2 is 0.795 bits per heavy atom. The summed E-state index contributed by atoms with van der Waals surface area (Å²) in [5.74, 6) is 1.48. The molecule has 0 nitrogen and oxygen atoms in total. The minimum absolute atomic E-state index is 0. The van der Waals surface area contributed by atoms with E-state index in [-0.39, 0.29) is 17.1 Å². The first kappa shape index (κ1) is 30.2. The molecule has 2 aliphatic rings. The van der Waals surface area contributed by atoms with E-state index in [9.17, 15) is 0 Å². The third kappa shape index (κ3) is 7.93. The van der Waals surface area contributed by atoms with Gasteiger partial charge >= 0.3 is 17.1 Å². The number of hydrogen-bond donors (Lipinski definition) is 0. The maximum Gasteiger partial charge on any atom is 2.00 e. The van der Waals surface area contributed by atoms with Crippen molar-refractivity contribution in [3.05, 3.63) is 184 Å². The first-order valence-electron chi connectivity index (χ1n) is 13.0. The molecule has 0 saturated heterocycles. The van der Waals surface area contributed by atoms with Gasteiger partial charge in [0, 0.05) is 5.66 Å². The van der Waals surface area contributed by atoms with Crippen molar-refractivity contribution in [1.29, 1.82) is 0 Å². The van der Waals surface area contributed by atoms with Crippen molar-refractivity contribution in [2.75, 3.05) is 0 Å². The summed E-state index contributed by atoms with van der Waals surface area (Å²) in [5.41, 5.74) is 1.89. The van der Waals surface area contributed by atoms with Crippen molar-refractivity contribution in [1.82, 2.24) is 0 Å². The molecular weight excluding hydrogens is 550 g/mol. The van der Waals surface area contributed by atoms with E-state index in [1.54, 1.807) is 0 Å². The summed E-state index contributed by atoms with van der Waals surface area (Å²) >= 11 is 0. The normalized spacial score (nSPS) is 16.5. The molecule has 2 saturated carbocycles. The molecule has 192 valence electrons. The zero-order valence-electron chi connectivity index (χ0n) is 22.0. The Bertz CT molecular complexity index is 1110. The molecule has 3 heteroatoms. The molecule has 0 aliphatic heterocycles. The summed E-state index contributed by atoms with van der Waals surface area (Å²) in [6, 6.07) is 44.2. The van der Waals surface area contributed by atoms with Crippen molar-refractivity contribution in [2.24, 2.45) is 0 Å². The van der Waals surface area contributed by atoms with Crippen molar-refractivity contribution in [3.63, 3.8) is 0 Å². The minimum Gasteiger partial charge on any atom is -0.0622 e. The Morgan fingerprint density at radius 1 is 0.436 bits per heavy atom. The summed E-state index contributed by atoms with van der Waals surface area (Å²) in [4.78, 5) is 0. The summed E-state index contributed by atoms with van der Waals surface area (Å²) in [5, 5.41) is 5.67. The number of benzene rings is 4. The second kappa shape index (κ2) is 15.9. The molecule has 1 atom stereocenters. The van der Waals surface area contributed by atoms with Gasteiger partial charge in [0.2, 0.25) is 0 Å². The Labute approximate surface area is 250 Å². The van der Waals surface area contributed by atoms with E-state index in [4.69, 9.17) is 0 Å². The van der Waals surface area contributed by atoms with E-state index in [1.807, 2.05) is 32.1 Å². The van der Waals surface area contributed by atoms with Gasteiger partial charge in [0.15, 0.2) is 0 Å². The van der Waals surface area contributed by atoms with Crippen molar-refractivity contribution in [2.45, 2.75) is 12.6 Å². The van der Waals surface area contributed by atoms with Gasteiger partial charge in [-0.05, 0) is 100 Å². The number of hydrogen-bond acceptors (Lipinski definition) is 0. The third-order valence-electron chi connectivity index (χ3n) is 6.56. The smallest absolute Gasteiger partial charge is 0.0622 e. The SMILES string of the molecule is C[C@H]([C]1[CH][CH][CH][C]1P(c1ccccc1)c1ccccc1)P(c1ccccc1)c1ccccc1.[CH]1[CH][CH][CH][CH]1.[Fe+2]. The van der Waals surface area contributed by atoms with Gasteiger partial charge in [0.25, 0.3) is 0 Å². The standard InChI is InChI=1S/C31H27P2.C5H5.Fe/c1-25(32(26-15-6-2-7-16-26)27-17-8-3-9-18-27)30-23-14-24-31(30)33(28-19-10-4-11-20-28)29-21-12-5-13-22-29;1-2-4-5-3-1;/h2-25H,1H3;1-5H;/q;;+2/t25-;;/m1../s1. The van der Waals surface area contributed by atoms with Gasteiger partial charge in [-0.25, -0.2) is 0 Å². The van der Waals surface area contributed by atoms with Crippen LogP contribution in [0.5, 0.6) is 0 Å². The first-order chi connectivity index (χ1) is 18.8. The van der Waals surface area contributed by atoms with Crippen molar-refractivity contribution in [3.8, 4) is 0 Å². The van der Waals surface area contributed by atoms with E-state index in [0.717, 1.165) is 0 Å². The average Bonchev–Trinajstić information content (AvgIpc) is 3.72. The maximum absolute atomic E-state index is 2.42. The van der Waals surface area contributed by atoms with Gasteiger partial charge in [-0.2, -0.15) is 0 Å². The minimum atomic E-state index is -0.614. The second-order valence-corrected chi connectivity index (χ2v) is 13.8. The van der Waals surface area contributed by atoms with Crippen LogP contribution in [-0.2, 0) is 17.1 Å². The quantitative estimate of drug-likeness (QED) is 0.158. The molecule has 0 heterocycles. The molecule has 0 N–H and O–H groups in total. The summed E-state index contributed by atoms with van der Waals surface area (Å²) in [7, 11) is -1.15. The molecule has 2 aliphatic carbocycles. The van der Waals surface area contributed by atoms with E-state index in [2.05, 4.69) is 148 Å². The average molecular weight is 582 g/mol. The molecule has 0 spiro atoms. The molecule has 10 radical (unpaired) electrons. The topological polar surface area (TPSA) is 0 Å². The van der Waals surface area contributed by atoms with E-state index >= 15 is 0 Å². The van der Waals surface area contributed by atoms with Crippen molar-refractivity contribution >= 4 is 37.1 Å². The Hall–Kier alpha value is -1.74. The van der Waals surface area contributed by atoms with Crippen LogP contribution in [-0.4, -0.2) is 5.66 Å². The molecule has 39 heavy (non-hydrogen) atoms. The van der Waals surface area contributed by atoms with E-state index < -0.39 is 15.8 Å². The zero-order chi connectivity index (χ0) is 26.0. The van der Waals surface area contributed by atoms with Crippen LogP contribution in [0.15, 0.2) is 121 Å². The van der Waals surface area contributed by atoms with Gasteiger partial charge in [-0.1, -0.05) is 128 Å². The fourth-order valence-electron chi connectivity index (χ4n) is 4.80. The van der Waals surface area contributed by atoms with Crippen LogP contribution in [0.1, 0.15) is 6.92 Å². The predicted octanol–water partition coefficient (Wildman–Crippen LogP) is 7.39. The largest absolute Gasteiger partial charge is 2.00 e. The van der Waals surface area contributed by atoms with Crippen LogP contribution < -0.4 is 21.2 Å². The van der Waals surface area contributed by atoms with Crippen LogP contribution in [0.2, 0.25) is 0 Å². The predicted molar refractivity (Wildman–Crippen MR) is 168 cm³/mol. The number of rotatable bonds is 7. The Balaban J connectivity index is 0.000000530. The molecule has 0 amide bonds. The summed E-state index contributed by atoms with van der Waals surface area (Å²) < 4.78 is 0. The van der Waals surface area contributed by atoms with Gasteiger partial charge in [0.1, 0.15) is 0 Å². The molecule has 0 unspecified atom stereocenters. The molecule has 2 fully saturated rings. The molecule has 0 aromatic heterocycles. The van der Waals surface area contributed by atoms with E-state index in [1.165, 1.54) is 32.8 Å². The molecular formula is C36H32FeP2+2. The van der Waals surface area contributed by atoms with Crippen LogP contribution in [0, 0.1) is 62.9 Å². The van der Waals surface area contributed by atoms with Crippen LogP contribution in [0.3, 0.4) is 0 Å². The van der Waals surface area contributed by atoms with Gasteiger partial charge in [-0.15, -0.1) is 0 Å². The summed E-state index contributed by atoms with van der Waals surface area (Å²) in [6.07, 6.45) is 17.0. The second-order valence-electron chi connectivity index (χ2n) is 9.05. The van der Waals surface area contributed by atoms with Crippen LogP contribution in [0.25, 0.3) is 0 Å². The monoisotopic (exact) mass is 582 g/mol. The summed E-state index contributed by atoms with van der Waals surface area (Å²) in [6.45, 7) is 2.42. The van der Waals surface area contributed by atoms with Crippen LogP contribution >= 0.6 is 15.8 Å². The van der Waals surface area contributed by atoms with Gasteiger partial charge < -0.3 is 0 Å². The molecule has 6 rings (SSSR count). The Kier molecular flexibility index (Phi) is 12.3. The third-order valence-corrected chi connectivity index (χ3v) is 11.8. The van der Waals surface area contributed by atoms with Gasteiger partial charge in [-0.3, -0.25) is 0 Å². The molecule has 4 aromatic rings. The van der Waals surface area contributed by atoms with E-state index in [0.29, 0.717) is 5.66 Å². The van der Waals surface area contributed by atoms with Crippen LogP contribution in [0.4, 0.5) is 0 Å². The fourth-order valence-corrected chi connectivity index (χ4v) is 10.1.